The van der Waals surface area contributed by atoms with Crippen molar-refractivity contribution in [1.82, 2.24) is 4.57 Å². The zero-order valence-electron chi connectivity index (χ0n) is 8.70. The Kier molecular flexibility index (Phi) is 5.68. The molecule has 0 amide bonds. The van der Waals surface area contributed by atoms with Crippen molar-refractivity contribution in [3.8, 4) is 0 Å². The molecule has 0 N–H and O–H groups in total. The number of carbonyl (C=O) groups excluding carboxylic acids is 1. The molecule has 0 spiro atoms. The maximum absolute atomic E-state index is 9.18. The highest BCUT2D eigenvalue weighted by Crippen LogP contribution is 2.02. The van der Waals surface area contributed by atoms with E-state index in [9.17, 15) is 4.79 Å². The van der Waals surface area contributed by atoms with Gasteiger partial charge < -0.3 is 9.30 Å². The van der Waals surface area contributed by atoms with Gasteiger partial charge in [-0.25, -0.2) is 0 Å². The first-order valence-electron chi connectivity index (χ1n) is 4.26. The maximum Gasteiger partial charge on any atom is 0.293 e. The van der Waals surface area contributed by atoms with Crippen molar-refractivity contribution in [2.75, 3.05) is 6.61 Å². The van der Waals surface area contributed by atoms with Crippen LogP contribution < -0.4 is 0 Å². The molecule has 1 rings (SSSR count). The fourth-order valence-corrected chi connectivity index (χ4v) is 0.944. The minimum absolute atomic E-state index is 0.431. The highest BCUT2D eigenvalue weighted by Gasteiger charge is 1.89. The van der Waals surface area contributed by atoms with E-state index in [0.29, 0.717) is 13.1 Å². The van der Waals surface area contributed by atoms with Gasteiger partial charge in [0.2, 0.25) is 0 Å². The van der Waals surface area contributed by atoms with E-state index in [1.54, 1.807) is 6.92 Å². The largest absolute Gasteiger partial charge is 0.468 e. The average molecular weight is 183 g/mol. The molecule has 3 nitrogen and oxygen atoms in total. The normalized spacial score (nSPS) is 8.62. The molecule has 74 valence electrons. The molecular formula is C10H17NO2. The van der Waals surface area contributed by atoms with E-state index in [1.807, 2.05) is 0 Å². The van der Waals surface area contributed by atoms with Crippen molar-refractivity contribution >= 4 is 6.47 Å². The molecule has 0 saturated heterocycles. The number of hydrogen-bond acceptors (Lipinski definition) is 2. The molecule has 0 aliphatic carbocycles. The van der Waals surface area contributed by atoms with E-state index in [0.717, 1.165) is 0 Å². The lowest BCUT2D eigenvalue weighted by Gasteiger charge is -1.89. The van der Waals surface area contributed by atoms with Gasteiger partial charge in [0.25, 0.3) is 6.47 Å². The van der Waals surface area contributed by atoms with Crippen LogP contribution in [0.4, 0.5) is 0 Å². The molecule has 1 aromatic rings. The van der Waals surface area contributed by atoms with Crippen LogP contribution in [-0.4, -0.2) is 17.6 Å². The second-order valence-electron chi connectivity index (χ2n) is 2.82. The zero-order chi connectivity index (χ0) is 10.3. The van der Waals surface area contributed by atoms with Gasteiger partial charge in [0.1, 0.15) is 0 Å². The van der Waals surface area contributed by atoms with Crippen molar-refractivity contribution in [2.45, 2.75) is 20.8 Å². The van der Waals surface area contributed by atoms with Crippen LogP contribution in [0.5, 0.6) is 0 Å². The molecule has 3 heteroatoms. The molecule has 0 bridgehead atoms. The second kappa shape index (κ2) is 6.29. The third-order valence-electron chi connectivity index (χ3n) is 1.62. The molecule has 0 aliphatic heterocycles. The number of rotatable bonds is 2. The van der Waals surface area contributed by atoms with Crippen LogP contribution in [0.25, 0.3) is 0 Å². The first-order chi connectivity index (χ1) is 6.11. The Morgan fingerprint density at radius 2 is 2.15 bits per heavy atom. The fourth-order valence-electron chi connectivity index (χ4n) is 0.944. The van der Waals surface area contributed by atoms with Crippen LogP contribution in [0, 0.1) is 13.8 Å². The predicted molar refractivity (Wildman–Crippen MR) is 52.6 cm³/mol. The third kappa shape index (κ3) is 5.06. The molecule has 1 aromatic heterocycles. The summed E-state index contributed by atoms with van der Waals surface area (Å²) in [6, 6.07) is 2.17. The van der Waals surface area contributed by atoms with Crippen molar-refractivity contribution in [3.63, 3.8) is 0 Å². The van der Waals surface area contributed by atoms with Gasteiger partial charge >= 0.3 is 0 Å². The molecular weight excluding hydrogens is 166 g/mol. The molecule has 13 heavy (non-hydrogen) atoms. The van der Waals surface area contributed by atoms with Gasteiger partial charge in [0.05, 0.1) is 6.61 Å². The SMILES string of the molecule is CCOC=O.Cc1cc(C)n(C)c1. The van der Waals surface area contributed by atoms with Gasteiger partial charge in [0.15, 0.2) is 0 Å². The van der Waals surface area contributed by atoms with Gasteiger partial charge in [-0.2, -0.15) is 0 Å². The lowest BCUT2D eigenvalue weighted by atomic mass is 10.4. The van der Waals surface area contributed by atoms with Gasteiger partial charge in [-0.15, -0.1) is 0 Å². The average Bonchev–Trinajstić information content (AvgIpc) is 2.32. The fraction of sp³-hybridized carbons (Fsp3) is 0.500. The Morgan fingerprint density at radius 3 is 2.23 bits per heavy atom. The lowest BCUT2D eigenvalue weighted by molar-refractivity contribution is -0.128. The summed E-state index contributed by atoms with van der Waals surface area (Å²) in [6.45, 7) is 6.87. The number of aryl methyl sites for hydroxylation is 3. The van der Waals surface area contributed by atoms with E-state index >= 15 is 0 Å². The first kappa shape index (κ1) is 11.8. The smallest absolute Gasteiger partial charge is 0.293 e. The standard InChI is InChI=1S/C7H11N.C3H6O2/c1-6-4-7(2)8(3)5-6;1-2-5-3-4/h4-5H,1-3H3;3H,2H2,1H3. The Bertz CT molecular complexity index is 234. The van der Waals surface area contributed by atoms with E-state index in [4.69, 9.17) is 0 Å². The summed E-state index contributed by atoms with van der Waals surface area (Å²) in [5, 5.41) is 0. The topological polar surface area (TPSA) is 31.2 Å². The van der Waals surface area contributed by atoms with Crippen LogP contribution in [0.3, 0.4) is 0 Å². The Balaban J connectivity index is 0.000000252. The monoisotopic (exact) mass is 183 g/mol. The predicted octanol–water partition coefficient (Wildman–Crippen LogP) is 1.82. The Morgan fingerprint density at radius 1 is 1.54 bits per heavy atom. The number of ether oxygens (including phenoxy) is 1. The van der Waals surface area contributed by atoms with Crippen molar-refractivity contribution in [3.05, 3.63) is 23.5 Å². The Hall–Kier alpha value is -1.25. The molecule has 0 aromatic carbocycles. The first-order valence-corrected chi connectivity index (χ1v) is 4.26. The number of carbonyl (C=O) groups is 1. The van der Waals surface area contributed by atoms with E-state index in [2.05, 4.69) is 42.5 Å². The quantitative estimate of drug-likeness (QED) is 0.655. The maximum atomic E-state index is 9.18. The van der Waals surface area contributed by atoms with Crippen LogP contribution in [0.2, 0.25) is 0 Å². The van der Waals surface area contributed by atoms with Gasteiger partial charge in [-0.1, -0.05) is 0 Å². The summed E-state index contributed by atoms with van der Waals surface area (Å²) in [7, 11) is 2.06. The lowest BCUT2D eigenvalue weighted by Crippen LogP contribution is -1.84. The van der Waals surface area contributed by atoms with Crippen molar-refractivity contribution in [2.24, 2.45) is 7.05 Å². The highest BCUT2D eigenvalue weighted by molar-refractivity contribution is 5.36. The van der Waals surface area contributed by atoms with Crippen LogP contribution in [0.15, 0.2) is 12.3 Å². The molecule has 0 radical (unpaired) electrons. The third-order valence-corrected chi connectivity index (χ3v) is 1.62. The van der Waals surface area contributed by atoms with Crippen molar-refractivity contribution in [1.29, 1.82) is 0 Å². The summed E-state index contributed by atoms with van der Waals surface area (Å²) >= 11 is 0. The number of aromatic nitrogens is 1. The minimum atomic E-state index is 0.431. The number of nitrogens with zero attached hydrogens (tertiary/aromatic N) is 1. The second-order valence-corrected chi connectivity index (χ2v) is 2.82. The van der Waals surface area contributed by atoms with E-state index in [1.165, 1.54) is 11.3 Å². The van der Waals surface area contributed by atoms with E-state index in [-0.39, 0.29) is 0 Å². The summed E-state index contributed by atoms with van der Waals surface area (Å²) in [5.74, 6) is 0. The molecule has 1 heterocycles. The van der Waals surface area contributed by atoms with Crippen LogP contribution >= 0.6 is 0 Å². The summed E-state index contributed by atoms with van der Waals surface area (Å²) in [5.41, 5.74) is 2.66. The zero-order valence-corrected chi connectivity index (χ0v) is 8.70. The highest BCUT2D eigenvalue weighted by atomic mass is 16.5. The Labute approximate surface area is 79.3 Å². The molecule has 0 saturated carbocycles. The van der Waals surface area contributed by atoms with Gasteiger partial charge in [0, 0.05) is 18.9 Å². The van der Waals surface area contributed by atoms with Crippen LogP contribution in [-0.2, 0) is 16.6 Å². The summed E-state index contributed by atoms with van der Waals surface area (Å²) in [4.78, 5) is 9.18. The minimum Gasteiger partial charge on any atom is -0.468 e. The summed E-state index contributed by atoms with van der Waals surface area (Å²) < 4.78 is 6.27. The van der Waals surface area contributed by atoms with E-state index < -0.39 is 0 Å². The molecule has 0 atom stereocenters. The van der Waals surface area contributed by atoms with Crippen molar-refractivity contribution < 1.29 is 9.53 Å². The van der Waals surface area contributed by atoms with Gasteiger partial charge in [-0.05, 0) is 32.4 Å². The van der Waals surface area contributed by atoms with Gasteiger partial charge in [-0.3, -0.25) is 4.79 Å². The molecule has 0 fully saturated rings. The molecule has 0 aliphatic rings. The van der Waals surface area contributed by atoms with Crippen LogP contribution in [0.1, 0.15) is 18.2 Å². The number of hydrogen-bond donors (Lipinski definition) is 0. The molecule has 0 unspecified atom stereocenters. The summed E-state index contributed by atoms with van der Waals surface area (Å²) in [6.07, 6.45) is 2.12.